The summed E-state index contributed by atoms with van der Waals surface area (Å²) in [5.41, 5.74) is 1.24. The summed E-state index contributed by atoms with van der Waals surface area (Å²) < 4.78 is 77.9. The number of unbranched alkanes of at least 4 members (excludes halogenated alkanes) is 1. The summed E-state index contributed by atoms with van der Waals surface area (Å²) in [7, 11) is -3.66. The van der Waals surface area contributed by atoms with E-state index in [0.29, 0.717) is 50.3 Å². The van der Waals surface area contributed by atoms with Crippen LogP contribution in [0.3, 0.4) is 0 Å². The van der Waals surface area contributed by atoms with Crippen LogP contribution < -0.4 is 14.8 Å². The van der Waals surface area contributed by atoms with Crippen LogP contribution in [0.5, 0.6) is 11.5 Å². The molecular weight excluding hydrogens is 555 g/mol. The third-order valence-electron chi connectivity index (χ3n) is 5.51. The second-order valence-electron chi connectivity index (χ2n) is 8.71. The Kier molecular flexibility index (Phi) is 13.4. The molecule has 0 fully saturated rings. The van der Waals surface area contributed by atoms with Gasteiger partial charge in [0.1, 0.15) is 11.5 Å². The number of nitrogens with one attached hydrogen (secondary N) is 1. The van der Waals surface area contributed by atoms with Crippen molar-refractivity contribution in [2.75, 3.05) is 37.8 Å². The van der Waals surface area contributed by atoms with Gasteiger partial charge in [-0.25, -0.2) is 13.2 Å². The van der Waals surface area contributed by atoms with Crippen molar-refractivity contribution in [2.45, 2.75) is 62.6 Å². The number of hydrogen-bond donors (Lipinski definition) is 1. The molecule has 0 aliphatic rings. The highest BCUT2D eigenvalue weighted by molar-refractivity contribution is 7.99. The van der Waals surface area contributed by atoms with Crippen molar-refractivity contribution in [1.82, 2.24) is 5.32 Å². The van der Waals surface area contributed by atoms with Crippen LogP contribution in [0.4, 0.5) is 13.2 Å². The van der Waals surface area contributed by atoms with Crippen molar-refractivity contribution in [3.8, 4) is 11.5 Å². The number of aryl methyl sites for hydroxylation is 2. The Labute approximate surface area is 232 Å². The van der Waals surface area contributed by atoms with E-state index in [2.05, 4.69) is 10.1 Å². The molecule has 0 aliphatic heterocycles. The van der Waals surface area contributed by atoms with E-state index >= 15 is 0 Å². The Balaban J connectivity index is 1.79. The van der Waals surface area contributed by atoms with E-state index in [4.69, 9.17) is 9.47 Å². The first kappa shape index (κ1) is 32.8. The third kappa shape index (κ3) is 12.1. The maximum atomic E-state index is 12.9. The van der Waals surface area contributed by atoms with Crippen LogP contribution in [0.15, 0.2) is 46.2 Å². The highest BCUT2D eigenvalue weighted by Gasteiger charge is 2.31. The first-order valence-corrected chi connectivity index (χ1v) is 15.4. The van der Waals surface area contributed by atoms with Gasteiger partial charge in [0.15, 0.2) is 16.4 Å². The van der Waals surface area contributed by atoms with Crippen LogP contribution in [-0.4, -0.2) is 58.6 Å². The van der Waals surface area contributed by atoms with Crippen LogP contribution in [0.1, 0.15) is 44.2 Å². The lowest BCUT2D eigenvalue weighted by molar-refractivity contribution is -0.274. The predicted octanol–water partition coefficient (Wildman–Crippen LogP) is 5.72. The van der Waals surface area contributed by atoms with Gasteiger partial charge < -0.3 is 19.5 Å². The molecule has 0 radical (unpaired) electrons. The average Bonchev–Trinajstić information content (AvgIpc) is 2.85. The zero-order chi connectivity index (χ0) is 28.9. The first-order valence-electron chi connectivity index (χ1n) is 12.8. The number of rotatable bonds is 17. The maximum Gasteiger partial charge on any atom is 0.573 e. The van der Waals surface area contributed by atoms with Gasteiger partial charge in [-0.3, -0.25) is 0 Å². The average molecular weight is 592 g/mol. The van der Waals surface area contributed by atoms with Gasteiger partial charge in [-0.05, 0) is 87.2 Å². The van der Waals surface area contributed by atoms with Crippen LogP contribution >= 0.6 is 11.8 Å². The number of benzene rings is 2. The Hall–Kier alpha value is -2.44. The highest BCUT2D eigenvalue weighted by atomic mass is 32.2. The zero-order valence-corrected chi connectivity index (χ0v) is 24.1. The van der Waals surface area contributed by atoms with Gasteiger partial charge in [0.2, 0.25) is 0 Å². The lowest BCUT2D eigenvalue weighted by Crippen LogP contribution is -2.21. The van der Waals surface area contributed by atoms with Gasteiger partial charge in [-0.1, -0.05) is 13.3 Å². The molecular formula is C27H36F3NO6S2. The summed E-state index contributed by atoms with van der Waals surface area (Å²) in [6, 6.07) is 9.12. The molecule has 1 N–H and O–H groups in total. The third-order valence-corrected chi connectivity index (χ3v) is 8.40. The van der Waals surface area contributed by atoms with Crippen molar-refractivity contribution in [3.63, 3.8) is 0 Å². The van der Waals surface area contributed by atoms with Crippen molar-refractivity contribution in [2.24, 2.45) is 0 Å². The van der Waals surface area contributed by atoms with Gasteiger partial charge in [0.05, 0.1) is 17.3 Å². The minimum absolute atomic E-state index is 0.0612. The van der Waals surface area contributed by atoms with Gasteiger partial charge in [-0.2, -0.15) is 0 Å². The molecule has 0 saturated carbocycles. The molecule has 0 bridgehead atoms. The molecule has 0 heterocycles. The number of carbonyl (C=O) groups excluding carboxylic acids is 1. The number of thioether (sulfide) groups is 1. The Morgan fingerprint density at radius 1 is 1.05 bits per heavy atom. The van der Waals surface area contributed by atoms with Gasteiger partial charge in [-0.15, -0.1) is 24.9 Å². The van der Waals surface area contributed by atoms with E-state index in [1.807, 2.05) is 32.0 Å². The minimum atomic E-state index is -4.84. The molecule has 12 heteroatoms. The quantitative estimate of drug-likeness (QED) is 0.142. The van der Waals surface area contributed by atoms with Gasteiger partial charge >= 0.3 is 12.3 Å². The van der Waals surface area contributed by atoms with E-state index in [9.17, 15) is 26.4 Å². The number of esters is 1. The van der Waals surface area contributed by atoms with E-state index in [0.717, 1.165) is 28.7 Å². The first-order chi connectivity index (χ1) is 18.4. The standard InChI is InChI=1S/C27H36F3NO6S2/c1-4-6-8-21-18-22(37-27(28,29)30)9-12-25(21)39(33,34)16-7-13-31-14-15-38-23-10-11-24(20(3)17-23)36-19-26(32)35-5-2/h9-12,17-18,31H,4-8,13-16,19H2,1-3H3. The second kappa shape index (κ2) is 16.0. The topological polar surface area (TPSA) is 90.9 Å². The molecule has 2 aromatic rings. The predicted molar refractivity (Wildman–Crippen MR) is 145 cm³/mol. The SMILES string of the molecule is CCCCc1cc(OC(F)(F)F)ccc1S(=O)(=O)CCCNCCSc1ccc(OCC(=O)OCC)c(C)c1. The zero-order valence-electron chi connectivity index (χ0n) is 22.4. The van der Waals surface area contributed by atoms with Crippen molar-refractivity contribution in [1.29, 1.82) is 0 Å². The molecule has 39 heavy (non-hydrogen) atoms. The van der Waals surface area contributed by atoms with Crippen molar-refractivity contribution in [3.05, 3.63) is 47.5 Å². The van der Waals surface area contributed by atoms with Crippen molar-refractivity contribution >= 4 is 27.6 Å². The van der Waals surface area contributed by atoms with E-state index in [1.165, 1.54) is 12.1 Å². The lowest BCUT2D eigenvalue weighted by atomic mass is 10.1. The fourth-order valence-corrected chi connectivity index (χ4v) is 6.18. The summed E-state index contributed by atoms with van der Waals surface area (Å²) >= 11 is 1.63. The molecule has 218 valence electrons. The molecule has 7 nitrogen and oxygen atoms in total. The maximum absolute atomic E-state index is 12.9. The molecule has 0 saturated heterocycles. The Morgan fingerprint density at radius 2 is 1.82 bits per heavy atom. The smallest absolute Gasteiger partial charge is 0.482 e. The Morgan fingerprint density at radius 3 is 2.49 bits per heavy atom. The summed E-state index contributed by atoms with van der Waals surface area (Å²) in [6.07, 6.45) is -2.69. The van der Waals surface area contributed by atoms with Crippen molar-refractivity contribution < 1.29 is 40.6 Å². The molecule has 0 unspecified atom stereocenters. The number of halogens is 3. The van der Waals surface area contributed by atoms with Gasteiger partial charge in [0, 0.05) is 17.2 Å². The second-order valence-corrected chi connectivity index (χ2v) is 12.0. The van der Waals surface area contributed by atoms with Crippen LogP contribution in [0.2, 0.25) is 0 Å². The van der Waals surface area contributed by atoms with Crippen LogP contribution in [-0.2, 0) is 25.8 Å². The van der Waals surface area contributed by atoms with Crippen LogP contribution in [0, 0.1) is 6.92 Å². The van der Waals surface area contributed by atoms with E-state index in [1.54, 1.807) is 18.7 Å². The fourth-order valence-electron chi connectivity index (χ4n) is 3.70. The number of alkyl halides is 3. The summed E-state index contributed by atoms with van der Waals surface area (Å²) in [5, 5.41) is 3.23. The number of hydrogen-bond acceptors (Lipinski definition) is 8. The molecule has 2 aromatic carbocycles. The Bertz CT molecular complexity index is 1170. The van der Waals surface area contributed by atoms with Crippen LogP contribution in [0.25, 0.3) is 0 Å². The molecule has 0 amide bonds. The van der Waals surface area contributed by atoms with E-state index < -0.39 is 27.9 Å². The number of carbonyl (C=O) groups is 1. The van der Waals surface area contributed by atoms with E-state index in [-0.39, 0.29) is 17.3 Å². The van der Waals surface area contributed by atoms with Gasteiger partial charge in [0.25, 0.3) is 0 Å². The lowest BCUT2D eigenvalue weighted by Gasteiger charge is -2.14. The molecule has 0 aromatic heterocycles. The highest BCUT2D eigenvalue weighted by Crippen LogP contribution is 2.29. The summed E-state index contributed by atoms with van der Waals surface area (Å²) in [5.74, 6) is 0.433. The monoisotopic (exact) mass is 591 g/mol. The minimum Gasteiger partial charge on any atom is -0.482 e. The fraction of sp³-hybridized carbons (Fsp3) is 0.519. The normalized spacial score (nSPS) is 11.8. The molecule has 0 atom stereocenters. The number of sulfone groups is 1. The molecule has 0 aliphatic carbocycles. The number of ether oxygens (including phenoxy) is 3. The summed E-state index contributed by atoms with van der Waals surface area (Å²) in [6.45, 7) is 6.87. The largest absolute Gasteiger partial charge is 0.573 e. The molecule has 2 rings (SSSR count). The molecule has 0 spiro atoms. The summed E-state index contributed by atoms with van der Waals surface area (Å²) in [4.78, 5) is 12.5.